The van der Waals surface area contributed by atoms with Gasteiger partial charge in [0.1, 0.15) is 5.60 Å². The van der Waals surface area contributed by atoms with E-state index in [1.165, 1.54) is 0 Å². The zero-order valence-corrected chi connectivity index (χ0v) is 23.1. The Bertz CT molecular complexity index is 1020. The molecule has 0 radical (unpaired) electrons. The standard InChI is InChI=1S/C27H37N2O4PS/c1-20-6-10-23(11-7-20)34(35,24-12-8-21(2)9-13-24)25(19-29(31)32)18-22-14-16-28(17-15-22)26(30)33-27(3,4)5/h6-13,22,25H,14-19H2,1-5H3. The molecule has 1 aliphatic heterocycles. The number of nitrogens with zero attached hydrogens (tertiary/aromatic N) is 2. The lowest BCUT2D eigenvalue weighted by Crippen LogP contribution is -2.42. The van der Waals surface area contributed by atoms with Crippen molar-refractivity contribution in [2.24, 2.45) is 5.92 Å². The summed E-state index contributed by atoms with van der Waals surface area (Å²) in [6, 6.07) is 14.0. The highest BCUT2D eigenvalue weighted by atomic mass is 32.4. The third-order valence-electron chi connectivity index (χ3n) is 6.58. The normalized spacial score (nSPS) is 16.1. The van der Waals surface area contributed by atoms with E-state index in [0.29, 0.717) is 19.5 Å². The molecule has 1 atom stereocenters. The molecule has 1 aliphatic rings. The molecule has 0 aliphatic carbocycles. The minimum atomic E-state index is -2.47. The molecule has 1 fully saturated rings. The lowest BCUT2D eigenvalue weighted by molar-refractivity contribution is -0.479. The largest absolute Gasteiger partial charge is 0.444 e. The molecule has 0 spiro atoms. The predicted molar refractivity (Wildman–Crippen MR) is 147 cm³/mol. The first-order valence-electron chi connectivity index (χ1n) is 12.2. The van der Waals surface area contributed by atoms with E-state index in [-0.39, 0.29) is 29.1 Å². The van der Waals surface area contributed by atoms with E-state index in [9.17, 15) is 14.9 Å². The highest BCUT2D eigenvalue weighted by Gasteiger charge is 2.38. The van der Waals surface area contributed by atoms with Gasteiger partial charge in [-0.2, -0.15) is 0 Å². The Kier molecular flexibility index (Phi) is 8.76. The van der Waals surface area contributed by atoms with Crippen LogP contribution in [0, 0.1) is 29.9 Å². The molecule has 1 unspecified atom stereocenters. The first kappa shape index (κ1) is 27.3. The molecule has 1 heterocycles. The van der Waals surface area contributed by atoms with Crippen molar-refractivity contribution in [2.75, 3.05) is 19.6 Å². The van der Waals surface area contributed by atoms with Gasteiger partial charge in [-0.1, -0.05) is 71.5 Å². The van der Waals surface area contributed by atoms with Crippen molar-refractivity contribution in [2.45, 2.75) is 65.1 Å². The Balaban J connectivity index is 1.87. The van der Waals surface area contributed by atoms with Crippen LogP contribution in [0.5, 0.6) is 0 Å². The summed E-state index contributed by atoms with van der Waals surface area (Å²) in [4.78, 5) is 25.9. The van der Waals surface area contributed by atoms with Gasteiger partial charge in [-0.25, -0.2) is 4.79 Å². The van der Waals surface area contributed by atoms with Gasteiger partial charge in [0.15, 0.2) is 0 Å². The maximum absolute atomic E-state index is 12.5. The van der Waals surface area contributed by atoms with Crippen LogP contribution in [0.15, 0.2) is 48.5 Å². The van der Waals surface area contributed by atoms with Crippen LogP contribution in [-0.2, 0) is 16.5 Å². The second kappa shape index (κ2) is 11.2. The van der Waals surface area contributed by atoms with Crippen LogP contribution in [-0.4, -0.2) is 46.8 Å². The van der Waals surface area contributed by atoms with E-state index in [2.05, 4.69) is 24.3 Å². The zero-order valence-electron chi connectivity index (χ0n) is 21.4. The average Bonchev–Trinajstić information content (AvgIpc) is 2.78. The van der Waals surface area contributed by atoms with Gasteiger partial charge in [-0.15, -0.1) is 0 Å². The number of hydrogen-bond acceptors (Lipinski definition) is 5. The number of nitro groups is 1. The van der Waals surface area contributed by atoms with Crippen LogP contribution < -0.4 is 10.6 Å². The number of likely N-dealkylation sites (tertiary alicyclic amines) is 1. The molecule has 3 rings (SSSR count). The predicted octanol–water partition coefficient (Wildman–Crippen LogP) is 5.42. The van der Waals surface area contributed by atoms with Gasteiger partial charge in [0.2, 0.25) is 6.54 Å². The third kappa shape index (κ3) is 7.14. The van der Waals surface area contributed by atoms with Gasteiger partial charge < -0.3 is 9.64 Å². The van der Waals surface area contributed by atoms with Crippen molar-refractivity contribution in [3.63, 3.8) is 0 Å². The minimum Gasteiger partial charge on any atom is -0.444 e. The van der Waals surface area contributed by atoms with Crippen molar-refractivity contribution in [3.05, 3.63) is 69.8 Å². The summed E-state index contributed by atoms with van der Waals surface area (Å²) in [6.45, 7) is 10.7. The third-order valence-corrected chi connectivity index (χ3v) is 12.3. The van der Waals surface area contributed by atoms with Crippen LogP contribution in [0.4, 0.5) is 4.79 Å². The Hall–Kier alpha value is -2.24. The summed E-state index contributed by atoms with van der Waals surface area (Å²) in [5, 5.41) is 13.9. The van der Waals surface area contributed by atoms with E-state index in [1.54, 1.807) is 4.90 Å². The van der Waals surface area contributed by atoms with Crippen LogP contribution in [0.3, 0.4) is 0 Å². The average molecular weight is 517 g/mol. The summed E-state index contributed by atoms with van der Waals surface area (Å²) < 4.78 is 5.52. The molecule has 6 nitrogen and oxygen atoms in total. The van der Waals surface area contributed by atoms with Crippen LogP contribution in [0.25, 0.3) is 0 Å². The maximum Gasteiger partial charge on any atom is 0.410 e. The summed E-state index contributed by atoms with van der Waals surface area (Å²) in [5.74, 6) is 0.275. The zero-order chi connectivity index (χ0) is 25.8. The number of amides is 1. The molecule has 190 valence electrons. The molecule has 8 heteroatoms. The number of piperidine rings is 1. The van der Waals surface area contributed by atoms with Crippen molar-refractivity contribution in [3.8, 4) is 0 Å². The number of aryl methyl sites for hydroxylation is 2. The van der Waals surface area contributed by atoms with Crippen LogP contribution >= 0.6 is 6.04 Å². The molecule has 1 amide bonds. The maximum atomic E-state index is 12.5. The van der Waals surface area contributed by atoms with Gasteiger partial charge in [0, 0.05) is 24.1 Å². The Morgan fingerprint density at radius 3 is 1.91 bits per heavy atom. The molecule has 0 bridgehead atoms. The molecule has 0 aromatic heterocycles. The first-order chi connectivity index (χ1) is 16.4. The van der Waals surface area contributed by atoms with E-state index in [0.717, 1.165) is 34.6 Å². The minimum absolute atomic E-state index is 0.148. The number of carbonyl (C=O) groups excluding carboxylic acids is 1. The fourth-order valence-corrected chi connectivity index (χ4v) is 9.15. The lowest BCUT2D eigenvalue weighted by atomic mass is 9.92. The Morgan fingerprint density at radius 1 is 1.06 bits per heavy atom. The lowest BCUT2D eigenvalue weighted by Gasteiger charge is -2.37. The van der Waals surface area contributed by atoms with E-state index < -0.39 is 11.6 Å². The van der Waals surface area contributed by atoms with Crippen molar-refractivity contribution in [1.29, 1.82) is 0 Å². The SMILES string of the molecule is Cc1ccc(P(=S)(c2ccc(C)cc2)C(CC2CCN(C(=O)OC(C)(C)C)CC2)C[N+](=O)[O-])cc1. The monoisotopic (exact) mass is 516 g/mol. The fraction of sp³-hybridized carbons (Fsp3) is 0.519. The molecule has 2 aromatic carbocycles. The highest BCUT2D eigenvalue weighted by Crippen LogP contribution is 2.52. The summed E-state index contributed by atoms with van der Waals surface area (Å²) in [7, 11) is 0. The number of rotatable bonds is 7. The van der Waals surface area contributed by atoms with E-state index >= 15 is 0 Å². The molecule has 2 aromatic rings. The number of carbonyl (C=O) groups is 1. The van der Waals surface area contributed by atoms with Crippen molar-refractivity contribution >= 4 is 34.5 Å². The highest BCUT2D eigenvalue weighted by molar-refractivity contribution is 8.22. The van der Waals surface area contributed by atoms with Crippen LogP contribution in [0.1, 0.15) is 51.2 Å². The van der Waals surface area contributed by atoms with Gasteiger partial charge in [0.25, 0.3) is 0 Å². The number of ether oxygens (including phenoxy) is 1. The summed E-state index contributed by atoms with van der Waals surface area (Å²) in [5.41, 5.74) is 1.49. The Labute approximate surface area is 214 Å². The van der Waals surface area contributed by atoms with Gasteiger partial charge in [-0.3, -0.25) is 10.1 Å². The van der Waals surface area contributed by atoms with E-state index in [4.69, 9.17) is 16.5 Å². The Morgan fingerprint density at radius 2 is 1.51 bits per heavy atom. The molecule has 0 N–H and O–H groups in total. The summed E-state index contributed by atoms with van der Waals surface area (Å²) >= 11 is 6.48. The first-order valence-corrected chi connectivity index (χ1v) is 15.1. The van der Waals surface area contributed by atoms with Gasteiger partial charge in [-0.05, 0) is 70.4 Å². The molecular formula is C27H37N2O4PS. The van der Waals surface area contributed by atoms with Gasteiger partial charge in [0.05, 0.1) is 5.66 Å². The van der Waals surface area contributed by atoms with Crippen molar-refractivity contribution < 1.29 is 14.5 Å². The van der Waals surface area contributed by atoms with Gasteiger partial charge >= 0.3 is 6.09 Å². The van der Waals surface area contributed by atoms with E-state index in [1.807, 2.05) is 58.9 Å². The number of hydrogen-bond donors (Lipinski definition) is 0. The summed E-state index contributed by atoms with van der Waals surface area (Å²) in [6.07, 6.45) is 1.99. The quantitative estimate of drug-likeness (QED) is 0.279. The smallest absolute Gasteiger partial charge is 0.410 e. The fourth-order valence-electron chi connectivity index (χ4n) is 4.68. The second-order valence-electron chi connectivity index (χ2n) is 10.6. The molecule has 0 saturated carbocycles. The number of benzene rings is 2. The molecular weight excluding hydrogens is 479 g/mol. The van der Waals surface area contributed by atoms with Crippen LogP contribution in [0.2, 0.25) is 0 Å². The molecule has 35 heavy (non-hydrogen) atoms. The second-order valence-corrected chi connectivity index (χ2v) is 15.5. The van der Waals surface area contributed by atoms with Crippen molar-refractivity contribution in [1.82, 2.24) is 4.90 Å². The molecule has 1 saturated heterocycles. The topological polar surface area (TPSA) is 72.7 Å².